The van der Waals surface area contributed by atoms with Gasteiger partial charge in [0.15, 0.2) is 0 Å². The SMILES string of the molecule is O=C1c2ccccc2C(=O)N1CC[C@@H](O)CN1CC2CC2(c2cccc(C(F)(F)F)n2)C1. The Morgan fingerprint density at radius 1 is 1.09 bits per heavy atom. The van der Waals surface area contributed by atoms with E-state index in [2.05, 4.69) is 4.98 Å². The summed E-state index contributed by atoms with van der Waals surface area (Å²) in [7, 11) is 0. The van der Waals surface area contributed by atoms with Gasteiger partial charge >= 0.3 is 6.18 Å². The van der Waals surface area contributed by atoms with Gasteiger partial charge in [-0.2, -0.15) is 13.2 Å². The van der Waals surface area contributed by atoms with Gasteiger partial charge in [-0.3, -0.25) is 19.4 Å². The van der Waals surface area contributed by atoms with Crippen molar-refractivity contribution in [1.82, 2.24) is 14.8 Å². The summed E-state index contributed by atoms with van der Waals surface area (Å²) in [6, 6.07) is 10.7. The number of aliphatic hydroxyl groups is 1. The van der Waals surface area contributed by atoms with Crippen LogP contribution in [-0.2, 0) is 11.6 Å². The third kappa shape index (κ3) is 3.49. The highest BCUT2D eigenvalue weighted by Crippen LogP contribution is 2.58. The minimum Gasteiger partial charge on any atom is -0.392 e. The van der Waals surface area contributed by atoms with Crippen LogP contribution in [0.3, 0.4) is 0 Å². The number of nitrogens with zero attached hydrogens (tertiary/aromatic N) is 3. The largest absolute Gasteiger partial charge is 0.433 e. The van der Waals surface area contributed by atoms with Gasteiger partial charge in [-0.1, -0.05) is 18.2 Å². The van der Waals surface area contributed by atoms with Crippen LogP contribution in [0, 0.1) is 5.92 Å². The molecule has 2 fully saturated rings. The summed E-state index contributed by atoms with van der Waals surface area (Å²) >= 11 is 0. The number of aromatic nitrogens is 1. The summed E-state index contributed by atoms with van der Waals surface area (Å²) in [4.78, 5) is 31.9. The van der Waals surface area contributed by atoms with Crippen LogP contribution < -0.4 is 0 Å². The molecule has 1 saturated heterocycles. The van der Waals surface area contributed by atoms with Gasteiger partial charge in [-0.15, -0.1) is 0 Å². The summed E-state index contributed by atoms with van der Waals surface area (Å²) in [6.07, 6.45) is -4.21. The van der Waals surface area contributed by atoms with Crippen molar-refractivity contribution in [2.75, 3.05) is 26.2 Å². The van der Waals surface area contributed by atoms with Crippen LogP contribution in [0.4, 0.5) is 13.2 Å². The second-order valence-corrected chi connectivity index (χ2v) is 8.91. The first kappa shape index (κ1) is 21.1. The molecule has 5 rings (SSSR count). The molecule has 0 spiro atoms. The van der Waals surface area contributed by atoms with E-state index in [-0.39, 0.29) is 36.1 Å². The first-order valence-electron chi connectivity index (χ1n) is 10.6. The molecule has 32 heavy (non-hydrogen) atoms. The number of β-amino-alcohol motifs (C(OH)–C–C–N with tert-alkyl or cyclic N) is 1. The number of piperidine rings is 1. The number of halogens is 3. The molecule has 1 aromatic carbocycles. The number of likely N-dealkylation sites (tertiary alicyclic amines) is 1. The fraction of sp³-hybridized carbons (Fsp3) is 0.435. The number of carbonyl (C=O) groups excluding carboxylic acids is 2. The molecule has 2 amide bonds. The Balaban J connectivity index is 1.18. The molecule has 2 unspecified atom stereocenters. The molecule has 2 aromatic rings. The first-order valence-corrected chi connectivity index (χ1v) is 10.6. The number of imide groups is 1. The number of rotatable bonds is 6. The molecular formula is C23H22F3N3O3. The van der Waals surface area contributed by atoms with Crippen LogP contribution in [0.15, 0.2) is 42.5 Å². The molecule has 0 bridgehead atoms. The van der Waals surface area contributed by atoms with E-state index in [1.165, 1.54) is 6.07 Å². The second-order valence-electron chi connectivity index (χ2n) is 8.91. The molecule has 9 heteroatoms. The zero-order valence-electron chi connectivity index (χ0n) is 17.2. The van der Waals surface area contributed by atoms with Crippen molar-refractivity contribution < 1.29 is 27.9 Å². The molecule has 2 aliphatic heterocycles. The van der Waals surface area contributed by atoms with Gasteiger partial charge < -0.3 is 5.11 Å². The Morgan fingerprint density at radius 2 is 1.78 bits per heavy atom. The monoisotopic (exact) mass is 445 g/mol. The zero-order valence-corrected chi connectivity index (χ0v) is 17.2. The number of benzene rings is 1. The lowest BCUT2D eigenvalue weighted by molar-refractivity contribution is -0.141. The van der Waals surface area contributed by atoms with E-state index in [9.17, 15) is 27.9 Å². The van der Waals surface area contributed by atoms with Crippen molar-refractivity contribution in [2.45, 2.75) is 30.5 Å². The number of amides is 2. The summed E-state index contributed by atoms with van der Waals surface area (Å²) < 4.78 is 39.1. The van der Waals surface area contributed by atoms with E-state index in [1.54, 1.807) is 30.3 Å². The topological polar surface area (TPSA) is 73.7 Å². The number of carbonyl (C=O) groups is 2. The quantitative estimate of drug-likeness (QED) is 0.693. The number of alkyl halides is 3. The van der Waals surface area contributed by atoms with Crippen molar-refractivity contribution in [3.05, 3.63) is 65.0 Å². The maximum atomic E-state index is 13.0. The molecule has 168 valence electrons. The van der Waals surface area contributed by atoms with Crippen LogP contribution in [0.5, 0.6) is 0 Å². The van der Waals surface area contributed by atoms with E-state index >= 15 is 0 Å². The fourth-order valence-electron chi connectivity index (χ4n) is 5.10. The van der Waals surface area contributed by atoms with Gasteiger partial charge in [0, 0.05) is 37.3 Å². The number of pyridine rings is 1. The van der Waals surface area contributed by atoms with Gasteiger partial charge in [-0.25, -0.2) is 4.98 Å². The predicted octanol–water partition coefficient (Wildman–Crippen LogP) is 2.72. The Hall–Kier alpha value is -2.78. The van der Waals surface area contributed by atoms with Crippen molar-refractivity contribution >= 4 is 11.8 Å². The van der Waals surface area contributed by atoms with Gasteiger partial charge in [-0.05, 0) is 43.0 Å². The van der Waals surface area contributed by atoms with Crippen LogP contribution in [-0.4, -0.2) is 64.0 Å². The third-order valence-corrected chi connectivity index (χ3v) is 6.80. The first-order chi connectivity index (χ1) is 15.2. The average Bonchev–Trinajstić information content (AvgIpc) is 3.25. The van der Waals surface area contributed by atoms with Crippen LogP contribution in [0.1, 0.15) is 44.9 Å². The Labute approximate surface area is 182 Å². The minimum atomic E-state index is -4.48. The molecule has 1 saturated carbocycles. The maximum absolute atomic E-state index is 13.0. The van der Waals surface area contributed by atoms with Gasteiger partial charge in [0.1, 0.15) is 5.69 Å². The summed E-state index contributed by atoms with van der Waals surface area (Å²) in [5, 5.41) is 10.5. The highest BCUT2D eigenvalue weighted by Gasteiger charge is 2.61. The molecular weight excluding hydrogens is 423 g/mol. The number of hydrogen-bond acceptors (Lipinski definition) is 5. The number of hydrogen-bond donors (Lipinski definition) is 1. The van der Waals surface area contributed by atoms with Gasteiger partial charge in [0.05, 0.1) is 17.2 Å². The van der Waals surface area contributed by atoms with E-state index in [4.69, 9.17) is 0 Å². The van der Waals surface area contributed by atoms with Crippen molar-refractivity contribution in [3.63, 3.8) is 0 Å². The van der Waals surface area contributed by atoms with Crippen molar-refractivity contribution in [1.29, 1.82) is 0 Å². The lowest BCUT2D eigenvalue weighted by Gasteiger charge is -2.24. The molecule has 1 aromatic heterocycles. The highest BCUT2D eigenvalue weighted by atomic mass is 19.4. The predicted molar refractivity (Wildman–Crippen MR) is 108 cm³/mol. The van der Waals surface area contributed by atoms with Crippen molar-refractivity contribution in [3.8, 4) is 0 Å². The molecule has 3 atom stereocenters. The summed E-state index contributed by atoms with van der Waals surface area (Å²) in [6.45, 7) is 1.67. The number of aliphatic hydroxyl groups excluding tert-OH is 1. The fourth-order valence-corrected chi connectivity index (χ4v) is 5.10. The zero-order chi connectivity index (χ0) is 22.7. The molecule has 1 aliphatic carbocycles. The normalized spacial score (nSPS) is 25.8. The summed E-state index contributed by atoms with van der Waals surface area (Å²) in [5.41, 5.74) is -0.0529. The lowest BCUT2D eigenvalue weighted by Crippen LogP contribution is -2.37. The summed E-state index contributed by atoms with van der Waals surface area (Å²) in [5.74, 6) is -0.480. The van der Waals surface area contributed by atoms with Crippen molar-refractivity contribution in [2.24, 2.45) is 5.92 Å². The number of fused-ring (bicyclic) bond motifs is 2. The second kappa shape index (κ2) is 7.38. The van der Waals surface area contributed by atoms with E-state index in [1.807, 2.05) is 4.90 Å². The van der Waals surface area contributed by atoms with E-state index < -0.39 is 18.0 Å². The van der Waals surface area contributed by atoms with Crippen LogP contribution >= 0.6 is 0 Å². The molecule has 0 radical (unpaired) electrons. The minimum absolute atomic E-state index is 0.116. The lowest BCUT2D eigenvalue weighted by atomic mass is 10.0. The van der Waals surface area contributed by atoms with Gasteiger partial charge in [0.2, 0.25) is 0 Å². The third-order valence-electron chi connectivity index (χ3n) is 6.80. The van der Waals surface area contributed by atoms with E-state index in [0.29, 0.717) is 36.5 Å². The highest BCUT2D eigenvalue weighted by molar-refractivity contribution is 6.21. The smallest absolute Gasteiger partial charge is 0.392 e. The molecule has 3 heterocycles. The Morgan fingerprint density at radius 3 is 2.44 bits per heavy atom. The van der Waals surface area contributed by atoms with Gasteiger partial charge in [0.25, 0.3) is 11.8 Å². The van der Waals surface area contributed by atoms with Crippen LogP contribution in [0.2, 0.25) is 0 Å². The van der Waals surface area contributed by atoms with Crippen LogP contribution in [0.25, 0.3) is 0 Å². The standard InChI is InChI=1S/C23H22F3N3O3/c24-23(25,26)19-7-3-6-18(27-19)22-10-14(22)11-28(13-22)12-15(30)8-9-29-20(31)16-4-1-2-5-17(16)21(29)32/h1-7,14-15,30H,8-13H2/t14?,15-,22?/m1/s1. The average molecular weight is 445 g/mol. The molecule has 1 N–H and O–H groups in total. The van der Waals surface area contributed by atoms with E-state index in [0.717, 1.165) is 17.4 Å². The molecule has 6 nitrogen and oxygen atoms in total. The Kier molecular flexibility index (Phi) is 4.86. The molecule has 3 aliphatic rings. The maximum Gasteiger partial charge on any atom is 0.433 e. The Bertz CT molecular complexity index is 1050.